The molecule has 3 nitrogen and oxygen atoms in total. The molecular weight excluding hydrogens is 302 g/mol. The minimum atomic E-state index is 0.0782. The second-order valence-electron chi connectivity index (χ2n) is 6.22. The monoisotopic (exact) mass is 325 g/mol. The van der Waals surface area contributed by atoms with E-state index in [4.69, 9.17) is 5.73 Å². The summed E-state index contributed by atoms with van der Waals surface area (Å²) in [6.45, 7) is 9.43. The smallest absolute Gasteiger partial charge is 0.0545 e. The number of hydrogen-bond acceptors (Lipinski definition) is 3. The predicted molar refractivity (Wildman–Crippen MR) is 85.8 cm³/mol. The van der Waals surface area contributed by atoms with E-state index in [9.17, 15) is 0 Å². The van der Waals surface area contributed by atoms with Gasteiger partial charge in [-0.15, -0.1) is 0 Å². The molecule has 0 saturated carbocycles. The van der Waals surface area contributed by atoms with Crippen LogP contribution >= 0.6 is 15.9 Å². The number of likely N-dealkylation sites (N-methyl/N-ethyl adjacent to an activating group) is 1. The lowest BCUT2D eigenvalue weighted by Gasteiger charge is -2.52. The zero-order chi connectivity index (χ0) is 14.2. The summed E-state index contributed by atoms with van der Waals surface area (Å²) in [5, 5.41) is 0. The van der Waals surface area contributed by atoms with Crippen molar-refractivity contribution in [2.24, 2.45) is 5.73 Å². The molecule has 1 heterocycles. The van der Waals surface area contributed by atoms with E-state index < -0.39 is 0 Å². The van der Waals surface area contributed by atoms with Crippen LogP contribution in [0.2, 0.25) is 0 Å². The number of rotatable bonds is 2. The Balaban J connectivity index is 2.43. The number of nitrogens with zero attached hydrogens (tertiary/aromatic N) is 2. The molecule has 1 atom stereocenters. The summed E-state index contributed by atoms with van der Waals surface area (Å²) < 4.78 is 1.16. The first-order valence-electron chi connectivity index (χ1n) is 6.79. The van der Waals surface area contributed by atoms with Gasteiger partial charge in [-0.3, -0.25) is 0 Å². The van der Waals surface area contributed by atoms with E-state index in [-0.39, 0.29) is 5.54 Å². The normalized spacial score (nSPS) is 23.7. The second-order valence-corrected chi connectivity index (χ2v) is 7.08. The van der Waals surface area contributed by atoms with Gasteiger partial charge in [-0.25, -0.2) is 0 Å². The zero-order valence-corrected chi connectivity index (χ0v) is 13.9. The van der Waals surface area contributed by atoms with Crippen molar-refractivity contribution in [2.45, 2.75) is 32.4 Å². The van der Waals surface area contributed by atoms with Gasteiger partial charge in [0.15, 0.2) is 0 Å². The predicted octanol–water partition coefficient (Wildman–Crippen LogP) is 2.62. The molecular formula is C15H24BrN3. The Morgan fingerprint density at radius 1 is 1.42 bits per heavy atom. The van der Waals surface area contributed by atoms with E-state index in [1.165, 1.54) is 11.3 Å². The Morgan fingerprint density at radius 2 is 2.11 bits per heavy atom. The van der Waals surface area contributed by atoms with E-state index in [1.807, 2.05) is 0 Å². The van der Waals surface area contributed by atoms with E-state index in [0.717, 1.165) is 17.6 Å². The number of benzene rings is 1. The fourth-order valence-electron chi connectivity index (χ4n) is 3.25. The summed E-state index contributed by atoms with van der Waals surface area (Å²) in [5.41, 5.74) is 8.61. The third kappa shape index (κ3) is 2.96. The van der Waals surface area contributed by atoms with Crippen LogP contribution in [0.3, 0.4) is 0 Å². The SMILES string of the molecule is Cc1ccc(N2C(CN)CN(C)CC2(C)C)c(Br)c1. The molecule has 2 N–H and O–H groups in total. The maximum atomic E-state index is 6.01. The molecule has 0 aliphatic carbocycles. The third-order valence-corrected chi connectivity index (χ3v) is 4.47. The standard InChI is InChI=1S/C15H24BrN3/c1-11-5-6-14(13(16)7-11)19-12(8-17)9-18(4)10-15(19,2)3/h5-7,12H,8-10,17H2,1-4H3. The highest BCUT2D eigenvalue weighted by Crippen LogP contribution is 2.36. The van der Waals surface area contributed by atoms with E-state index in [2.05, 4.69) is 71.7 Å². The highest BCUT2D eigenvalue weighted by atomic mass is 79.9. The molecule has 1 saturated heterocycles. The van der Waals surface area contributed by atoms with Gasteiger partial charge in [0, 0.05) is 29.6 Å². The van der Waals surface area contributed by atoms with Crippen molar-refractivity contribution in [3.63, 3.8) is 0 Å². The van der Waals surface area contributed by atoms with Gasteiger partial charge in [-0.2, -0.15) is 0 Å². The lowest BCUT2D eigenvalue weighted by molar-refractivity contribution is 0.182. The lowest BCUT2D eigenvalue weighted by Crippen LogP contribution is -2.65. The summed E-state index contributed by atoms with van der Waals surface area (Å²) in [5.74, 6) is 0. The topological polar surface area (TPSA) is 32.5 Å². The number of hydrogen-bond donors (Lipinski definition) is 1. The average molecular weight is 326 g/mol. The third-order valence-electron chi connectivity index (χ3n) is 3.83. The molecule has 0 spiro atoms. The van der Waals surface area contributed by atoms with Crippen LogP contribution in [0.4, 0.5) is 5.69 Å². The lowest BCUT2D eigenvalue weighted by atomic mass is 9.93. The second kappa shape index (κ2) is 5.43. The van der Waals surface area contributed by atoms with Gasteiger partial charge in [0.05, 0.1) is 11.7 Å². The molecule has 1 fully saturated rings. The number of piperazine rings is 1. The van der Waals surface area contributed by atoms with Crippen molar-refractivity contribution in [2.75, 3.05) is 31.6 Å². The van der Waals surface area contributed by atoms with Crippen molar-refractivity contribution in [1.29, 1.82) is 0 Å². The van der Waals surface area contributed by atoms with Crippen LogP contribution in [0.15, 0.2) is 22.7 Å². The Bertz CT molecular complexity index is 459. The Kier molecular flexibility index (Phi) is 4.23. The molecule has 1 aliphatic rings. The van der Waals surface area contributed by atoms with Gasteiger partial charge in [-0.1, -0.05) is 6.07 Å². The molecule has 1 aromatic carbocycles. The maximum absolute atomic E-state index is 6.01. The van der Waals surface area contributed by atoms with E-state index in [0.29, 0.717) is 12.6 Å². The van der Waals surface area contributed by atoms with Crippen LogP contribution < -0.4 is 10.6 Å². The van der Waals surface area contributed by atoms with Gasteiger partial charge < -0.3 is 15.5 Å². The quantitative estimate of drug-likeness (QED) is 0.907. The van der Waals surface area contributed by atoms with Crippen LogP contribution in [0.5, 0.6) is 0 Å². The average Bonchev–Trinajstić information content (AvgIpc) is 2.28. The van der Waals surface area contributed by atoms with Crippen molar-refractivity contribution in [1.82, 2.24) is 4.90 Å². The van der Waals surface area contributed by atoms with Crippen LogP contribution in [0.1, 0.15) is 19.4 Å². The van der Waals surface area contributed by atoms with Crippen LogP contribution in [0.25, 0.3) is 0 Å². The van der Waals surface area contributed by atoms with Gasteiger partial charge in [0.2, 0.25) is 0 Å². The molecule has 1 unspecified atom stereocenters. The summed E-state index contributed by atoms with van der Waals surface area (Å²) in [4.78, 5) is 4.85. The molecule has 0 amide bonds. The molecule has 0 bridgehead atoms. The van der Waals surface area contributed by atoms with Crippen LogP contribution in [0, 0.1) is 6.92 Å². The molecule has 1 aromatic rings. The van der Waals surface area contributed by atoms with Crippen molar-refractivity contribution in [3.8, 4) is 0 Å². The minimum Gasteiger partial charge on any atom is -0.359 e. The molecule has 106 valence electrons. The van der Waals surface area contributed by atoms with Crippen molar-refractivity contribution in [3.05, 3.63) is 28.2 Å². The summed E-state index contributed by atoms with van der Waals surface area (Å²) in [6, 6.07) is 6.90. The summed E-state index contributed by atoms with van der Waals surface area (Å²) >= 11 is 3.71. The largest absolute Gasteiger partial charge is 0.359 e. The van der Waals surface area contributed by atoms with Crippen molar-refractivity contribution < 1.29 is 0 Å². The molecule has 2 rings (SSSR count). The Labute approximate surface area is 124 Å². The Morgan fingerprint density at radius 3 is 2.68 bits per heavy atom. The maximum Gasteiger partial charge on any atom is 0.0545 e. The number of nitrogens with two attached hydrogens (primary N) is 1. The fourth-order valence-corrected chi connectivity index (χ4v) is 3.93. The van der Waals surface area contributed by atoms with Crippen LogP contribution in [-0.4, -0.2) is 43.2 Å². The molecule has 1 aliphatic heterocycles. The number of halogens is 1. The molecule has 19 heavy (non-hydrogen) atoms. The van der Waals surface area contributed by atoms with E-state index in [1.54, 1.807) is 0 Å². The zero-order valence-electron chi connectivity index (χ0n) is 12.3. The van der Waals surface area contributed by atoms with Crippen molar-refractivity contribution >= 4 is 21.6 Å². The highest BCUT2D eigenvalue weighted by molar-refractivity contribution is 9.10. The van der Waals surface area contributed by atoms with E-state index >= 15 is 0 Å². The molecule has 0 aromatic heterocycles. The summed E-state index contributed by atoms with van der Waals surface area (Å²) in [7, 11) is 2.17. The van der Waals surface area contributed by atoms with Gasteiger partial charge in [0.1, 0.15) is 0 Å². The number of aryl methyl sites for hydroxylation is 1. The number of anilines is 1. The minimum absolute atomic E-state index is 0.0782. The summed E-state index contributed by atoms with van der Waals surface area (Å²) in [6.07, 6.45) is 0. The van der Waals surface area contributed by atoms with Gasteiger partial charge >= 0.3 is 0 Å². The van der Waals surface area contributed by atoms with Gasteiger partial charge in [0.25, 0.3) is 0 Å². The first-order chi connectivity index (χ1) is 8.85. The van der Waals surface area contributed by atoms with Gasteiger partial charge in [-0.05, 0) is 61.4 Å². The fraction of sp³-hybridized carbons (Fsp3) is 0.600. The highest BCUT2D eigenvalue weighted by Gasteiger charge is 2.38. The Hall–Kier alpha value is -0.580. The first-order valence-corrected chi connectivity index (χ1v) is 7.58. The first kappa shape index (κ1) is 14.8. The molecule has 4 heteroatoms. The molecule has 0 radical (unpaired) electrons. The van der Waals surface area contributed by atoms with Crippen LogP contribution in [-0.2, 0) is 0 Å².